The number of nitrogen functional groups attached to an aromatic ring is 1. The van der Waals surface area contributed by atoms with Crippen molar-refractivity contribution in [2.24, 2.45) is 11.3 Å². The summed E-state index contributed by atoms with van der Waals surface area (Å²) < 4.78 is 0. The molecule has 116 valence electrons. The molecule has 1 aromatic carbocycles. The monoisotopic (exact) mass is 323 g/mol. The molecule has 2 aromatic rings. The van der Waals surface area contributed by atoms with Crippen LogP contribution in [0.4, 0.5) is 5.82 Å². The molecule has 2 N–H and O–H groups in total. The van der Waals surface area contributed by atoms with E-state index in [0.29, 0.717) is 28.2 Å². The lowest BCUT2D eigenvalue weighted by atomic mass is 9.48. The molecule has 0 radical (unpaired) electrons. The maximum atomic E-state index is 9.60. The van der Waals surface area contributed by atoms with Crippen LogP contribution in [-0.4, -0.2) is 4.98 Å². The van der Waals surface area contributed by atoms with E-state index in [-0.39, 0.29) is 5.41 Å². The van der Waals surface area contributed by atoms with Crippen LogP contribution in [0.2, 0.25) is 5.02 Å². The number of benzene rings is 1. The fraction of sp³-hybridized carbons (Fsp3) is 0.368. The molecule has 4 heteroatoms. The number of nitriles is 1. The second-order valence-electron chi connectivity index (χ2n) is 7.24. The lowest BCUT2D eigenvalue weighted by molar-refractivity contribution is 0.0158. The quantitative estimate of drug-likeness (QED) is 0.837. The highest BCUT2D eigenvalue weighted by Gasteiger charge is 2.54. The number of anilines is 1. The van der Waals surface area contributed by atoms with Crippen molar-refractivity contribution in [3.8, 4) is 17.2 Å². The fourth-order valence-corrected chi connectivity index (χ4v) is 4.40. The first-order valence-corrected chi connectivity index (χ1v) is 8.29. The molecule has 1 aromatic heterocycles. The van der Waals surface area contributed by atoms with Gasteiger partial charge in [-0.15, -0.1) is 0 Å². The average molecular weight is 324 g/mol. The zero-order chi connectivity index (χ0) is 16.4. The van der Waals surface area contributed by atoms with Crippen molar-refractivity contribution in [3.05, 3.63) is 46.1 Å². The largest absolute Gasteiger partial charge is 0.383 e. The van der Waals surface area contributed by atoms with Crippen LogP contribution in [-0.2, 0) is 6.42 Å². The summed E-state index contributed by atoms with van der Waals surface area (Å²) in [5.41, 5.74) is 11.2. The third-order valence-electron chi connectivity index (χ3n) is 5.85. The number of aromatic nitrogens is 1. The summed E-state index contributed by atoms with van der Waals surface area (Å²) in [7, 11) is 0. The minimum atomic E-state index is 0.276. The fourth-order valence-electron chi connectivity index (χ4n) is 4.28. The molecule has 1 saturated carbocycles. The molecular weight excluding hydrogens is 306 g/mol. The van der Waals surface area contributed by atoms with Crippen LogP contribution in [0.15, 0.2) is 24.3 Å². The molecule has 0 spiro atoms. The van der Waals surface area contributed by atoms with E-state index in [1.165, 1.54) is 12.0 Å². The lowest BCUT2D eigenvalue weighted by Gasteiger charge is -2.56. The van der Waals surface area contributed by atoms with E-state index < -0.39 is 0 Å². The first kappa shape index (κ1) is 14.5. The molecular formula is C19H18ClN3. The Balaban J connectivity index is 1.99. The molecule has 2 bridgehead atoms. The second-order valence-corrected chi connectivity index (χ2v) is 7.68. The summed E-state index contributed by atoms with van der Waals surface area (Å²) >= 11 is 6.01. The second kappa shape index (κ2) is 4.72. The summed E-state index contributed by atoms with van der Waals surface area (Å²) in [6.07, 6.45) is 2.15. The predicted octanol–water partition coefficient (Wildman–Crippen LogP) is 4.54. The van der Waals surface area contributed by atoms with Crippen LogP contribution in [0.1, 0.15) is 43.0 Å². The minimum absolute atomic E-state index is 0.276. The molecule has 0 unspecified atom stereocenters. The maximum absolute atomic E-state index is 9.60. The van der Waals surface area contributed by atoms with Crippen molar-refractivity contribution in [2.45, 2.75) is 32.6 Å². The van der Waals surface area contributed by atoms with Crippen molar-refractivity contribution in [3.63, 3.8) is 0 Å². The van der Waals surface area contributed by atoms with E-state index >= 15 is 0 Å². The normalized spacial score (nSPS) is 23.6. The molecule has 1 fully saturated rings. The van der Waals surface area contributed by atoms with Crippen LogP contribution in [0, 0.1) is 22.7 Å². The number of rotatable bonds is 1. The maximum Gasteiger partial charge on any atom is 0.142 e. The van der Waals surface area contributed by atoms with Gasteiger partial charge < -0.3 is 5.73 Å². The van der Waals surface area contributed by atoms with Crippen LogP contribution in [0.3, 0.4) is 0 Å². The van der Waals surface area contributed by atoms with Gasteiger partial charge in [-0.25, -0.2) is 4.98 Å². The van der Waals surface area contributed by atoms with Crippen molar-refractivity contribution in [2.75, 3.05) is 5.73 Å². The van der Waals surface area contributed by atoms with E-state index in [9.17, 15) is 5.26 Å². The molecule has 3 nitrogen and oxygen atoms in total. The average Bonchev–Trinajstić information content (AvgIpc) is 2.53. The first-order valence-electron chi connectivity index (χ1n) is 7.91. The highest BCUT2D eigenvalue weighted by atomic mass is 35.5. The van der Waals surface area contributed by atoms with Crippen LogP contribution in [0.25, 0.3) is 11.1 Å². The topological polar surface area (TPSA) is 62.7 Å². The van der Waals surface area contributed by atoms with Crippen molar-refractivity contribution in [1.29, 1.82) is 5.26 Å². The number of pyridine rings is 1. The SMILES string of the molecule is CC1(C)[C@H]2Cc3c(nc(N)c(C#N)c3-c3ccc(Cl)cc3)[C@@H]1C2. The molecule has 0 saturated heterocycles. The van der Waals surface area contributed by atoms with E-state index in [4.69, 9.17) is 17.3 Å². The zero-order valence-electron chi connectivity index (χ0n) is 13.2. The third kappa shape index (κ3) is 1.91. The molecule has 0 amide bonds. The van der Waals surface area contributed by atoms with E-state index in [1.54, 1.807) is 0 Å². The Morgan fingerprint density at radius 3 is 2.61 bits per heavy atom. The van der Waals surface area contributed by atoms with Crippen LogP contribution in [0.5, 0.6) is 0 Å². The van der Waals surface area contributed by atoms with Crippen LogP contribution < -0.4 is 5.73 Å². The molecule has 3 aliphatic carbocycles. The van der Waals surface area contributed by atoms with E-state index in [0.717, 1.165) is 23.2 Å². The van der Waals surface area contributed by atoms with Gasteiger partial charge in [0.1, 0.15) is 17.5 Å². The first-order chi connectivity index (χ1) is 10.9. The highest BCUT2D eigenvalue weighted by Crippen LogP contribution is 2.63. The zero-order valence-corrected chi connectivity index (χ0v) is 14.0. The van der Waals surface area contributed by atoms with Crippen molar-refractivity contribution < 1.29 is 0 Å². The van der Waals surface area contributed by atoms with Gasteiger partial charge in [-0.3, -0.25) is 0 Å². The number of nitrogens with two attached hydrogens (primary N) is 1. The molecule has 5 rings (SSSR count). The highest BCUT2D eigenvalue weighted by molar-refractivity contribution is 6.30. The van der Waals surface area contributed by atoms with Gasteiger partial charge >= 0.3 is 0 Å². The third-order valence-corrected chi connectivity index (χ3v) is 6.11. The van der Waals surface area contributed by atoms with Gasteiger partial charge in [-0.05, 0) is 47.4 Å². The Morgan fingerprint density at radius 2 is 2.00 bits per heavy atom. The summed E-state index contributed by atoms with van der Waals surface area (Å²) in [5, 5.41) is 10.3. The summed E-state index contributed by atoms with van der Waals surface area (Å²) in [6, 6.07) is 9.89. The summed E-state index contributed by atoms with van der Waals surface area (Å²) in [5.74, 6) is 1.44. The van der Waals surface area contributed by atoms with Gasteiger partial charge in [0.05, 0.1) is 5.69 Å². The Hall–Kier alpha value is -2.05. The smallest absolute Gasteiger partial charge is 0.142 e. The molecule has 2 atom stereocenters. The lowest BCUT2D eigenvalue weighted by Crippen LogP contribution is -2.48. The number of hydrogen-bond donors (Lipinski definition) is 1. The van der Waals surface area contributed by atoms with Gasteiger partial charge in [0.2, 0.25) is 0 Å². The van der Waals surface area contributed by atoms with Crippen LogP contribution >= 0.6 is 11.6 Å². The standard InChI is InChI=1S/C19H18ClN3/c1-19(2)11-7-13-16(10-3-5-12(20)6-4-10)14(9-21)18(22)23-17(13)15(19)8-11/h3-6,11,15H,7-8H2,1-2H3,(H2,22,23)/t11-,15-/m0/s1. The Labute approximate surface area is 141 Å². The summed E-state index contributed by atoms with van der Waals surface area (Å²) in [6.45, 7) is 4.62. The number of halogens is 1. The van der Waals surface area contributed by atoms with Crippen molar-refractivity contribution >= 4 is 17.4 Å². The minimum Gasteiger partial charge on any atom is -0.383 e. The van der Waals surface area contributed by atoms with Gasteiger partial charge in [-0.1, -0.05) is 37.6 Å². The van der Waals surface area contributed by atoms with Gasteiger partial charge in [0, 0.05) is 16.5 Å². The molecule has 0 aliphatic heterocycles. The van der Waals surface area contributed by atoms with Gasteiger partial charge in [-0.2, -0.15) is 5.26 Å². The number of nitrogens with zero attached hydrogens (tertiary/aromatic N) is 2. The predicted molar refractivity (Wildman–Crippen MR) is 92.1 cm³/mol. The Morgan fingerprint density at radius 1 is 1.30 bits per heavy atom. The molecule has 23 heavy (non-hydrogen) atoms. The number of hydrogen-bond acceptors (Lipinski definition) is 3. The van der Waals surface area contributed by atoms with Gasteiger partial charge in [0.15, 0.2) is 0 Å². The molecule has 1 heterocycles. The van der Waals surface area contributed by atoms with Crippen molar-refractivity contribution in [1.82, 2.24) is 4.98 Å². The summed E-state index contributed by atoms with van der Waals surface area (Å²) in [4.78, 5) is 4.63. The Bertz CT molecular complexity index is 846. The Kier molecular flexibility index (Phi) is 2.98. The van der Waals surface area contributed by atoms with E-state index in [1.807, 2.05) is 24.3 Å². The van der Waals surface area contributed by atoms with Gasteiger partial charge in [0.25, 0.3) is 0 Å². The van der Waals surface area contributed by atoms with E-state index in [2.05, 4.69) is 24.9 Å². The molecule has 3 aliphatic rings.